The van der Waals surface area contributed by atoms with Crippen molar-refractivity contribution in [3.63, 3.8) is 0 Å². The maximum Gasteiger partial charge on any atom is 0.291 e. The fourth-order valence-corrected chi connectivity index (χ4v) is 3.25. The quantitative estimate of drug-likeness (QED) is 0.590. The lowest BCUT2D eigenvalue weighted by Crippen LogP contribution is -2.35. The van der Waals surface area contributed by atoms with Crippen LogP contribution >= 0.6 is 0 Å². The second-order valence-corrected chi connectivity index (χ2v) is 6.47. The molecule has 0 radical (unpaired) electrons. The molecule has 0 atom stereocenters. The molecule has 0 bridgehead atoms. The first-order valence-electron chi connectivity index (χ1n) is 8.88. The molecule has 0 aliphatic heterocycles. The minimum Gasteiger partial charge on any atom is -0.463 e. The summed E-state index contributed by atoms with van der Waals surface area (Å²) in [6, 6.07) is 11.4. The summed E-state index contributed by atoms with van der Waals surface area (Å²) in [5.74, 6) is 0.446. The maximum atomic E-state index is 12.8. The molecular formula is C20H20N4O3. The predicted molar refractivity (Wildman–Crippen MR) is 102 cm³/mol. The van der Waals surface area contributed by atoms with Gasteiger partial charge in [-0.2, -0.15) is 5.10 Å². The van der Waals surface area contributed by atoms with Crippen molar-refractivity contribution in [2.24, 2.45) is 0 Å². The largest absolute Gasteiger partial charge is 0.463 e. The van der Waals surface area contributed by atoms with Crippen LogP contribution in [0.2, 0.25) is 0 Å². The summed E-state index contributed by atoms with van der Waals surface area (Å²) < 4.78 is 8.42. The van der Waals surface area contributed by atoms with Gasteiger partial charge in [0.25, 0.3) is 5.56 Å². The van der Waals surface area contributed by atoms with E-state index in [4.69, 9.17) is 4.42 Å². The van der Waals surface area contributed by atoms with Crippen LogP contribution in [0.1, 0.15) is 23.9 Å². The van der Waals surface area contributed by atoms with Gasteiger partial charge in [0.2, 0.25) is 5.91 Å². The number of aryl methyl sites for hydroxylation is 2. The number of fused-ring (bicyclic) bond motifs is 3. The van der Waals surface area contributed by atoms with Crippen LogP contribution in [0, 0.1) is 6.92 Å². The molecule has 0 aliphatic carbocycles. The van der Waals surface area contributed by atoms with E-state index in [9.17, 15) is 9.59 Å². The van der Waals surface area contributed by atoms with E-state index in [2.05, 4.69) is 10.4 Å². The Morgan fingerprint density at radius 3 is 2.81 bits per heavy atom. The van der Waals surface area contributed by atoms with Crippen LogP contribution in [0.25, 0.3) is 16.6 Å². The summed E-state index contributed by atoms with van der Waals surface area (Å²) in [5.41, 5.74) is 3.74. The third kappa shape index (κ3) is 3.01. The monoisotopic (exact) mass is 364 g/mol. The Morgan fingerprint density at radius 1 is 1.22 bits per heavy atom. The number of hydrogen-bond donors (Lipinski definition) is 1. The zero-order chi connectivity index (χ0) is 19.0. The first kappa shape index (κ1) is 17.1. The first-order valence-corrected chi connectivity index (χ1v) is 8.88. The molecule has 138 valence electrons. The van der Waals surface area contributed by atoms with Gasteiger partial charge >= 0.3 is 0 Å². The molecule has 4 rings (SSSR count). The van der Waals surface area contributed by atoms with Gasteiger partial charge in [0, 0.05) is 25.1 Å². The Kier molecular flexibility index (Phi) is 4.27. The van der Waals surface area contributed by atoms with Crippen LogP contribution in [-0.2, 0) is 24.3 Å². The van der Waals surface area contributed by atoms with Gasteiger partial charge in [0.05, 0.1) is 11.8 Å². The molecule has 0 fully saturated rings. The van der Waals surface area contributed by atoms with Gasteiger partial charge in [-0.1, -0.05) is 31.2 Å². The first-order chi connectivity index (χ1) is 13.1. The fraction of sp³-hybridized carbons (Fsp3) is 0.250. The lowest BCUT2D eigenvalue weighted by Gasteiger charge is -2.11. The highest BCUT2D eigenvalue weighted by atomic mass is 16.3. The standard InChI is InChI=1S/C20H20N4O3/c1-3-18-22-23(12-19(25)21-11-14-7-5-4-6-13(14)2)20(26)16-10-17-15(24(16)18)8-9-27-17/h4-10H,3,11-12H2,1-2H3,(H,21,25). The molecule has 0 aliphatic rings. The number of amides is 1. The average Bonchev–Trinajstić information content (AvgIpc) is 3.25. The fourth-order valence-electron chi connectivity index (χ4n) is 3.25. The Bertz CT molecular complexity index is 1200. The van der Waals surface area contributed by atoms with Gasteiger partial charge in [-0.15, -0.1) is 0 Å². The van der Waals surface area contributed by atoms with Gasteiger partial charge in [0.15, 0.2) is 5.58 Å². The van der Waals surface area contributed by atoms with Crippen molar-refractivity contribution >= 4 is 22.5 Å². The highest BCUT2D eigenvalue weighted by Gasteiger charge is 2.16. The molecule has 1 aromatic carbocycles. The number of benzene rings is 1. The van der Waals surface area contributed by atoms with Crippen LogP contribution in [0.5, 0.6) is 0 Å². The number of nitrogens with zero attached hydrogens (tertiary/aromatic N) is 3. The van der Waals surface area contributed by atoms with E-state index >= 15 is 0 Å². The third-order valence-corrected chi connectivity index (χ3v) is 4.72. The van der Waals surface area contributed by atoms with Crippen molar-refractivity contribution in [1.29, 1.82) is 0 Å². The lowest BCUT2D eigenvalue weighted by molar-refractivity contribution is -0.122. The lowest BCUT2D eigenvalue weighted by atomic mass is 10.1. The van der Waals surface area contributed by atoms with Gasteiger partial charge in [0.1, 0.15) is 17.9 Å². The summed E-state index contributed by atoms with van der Waals surface area (Å²) >= 11 is 0. The van der Waals surface area contributed by atoms with Gasteiger partial charge in [-0.25, -0.2) is 4.68 Å². The average molecular weight is 364 g/mol. The van der Waals surface area contributed by atoms with E-state index in [-0.39, 0.29) is 18.0 Å². The zero-order valence-corrected chi connectivity index (χ0v) is 15.2. The number of hydrogen-bond acceptors (Lipinski definition) is 4. The smallest absolute Gasteiger partial charge is 0.291 e. The van der Waals surface area contributed by atoms with Crippen molar-refractivity contribution < 1.29 is 9.21 Å². The number of rotatable bonds is 5. The molecule has 0 saturated carbocycles. The molecule has 0 unspecified atom stereocenters. The number of carbonyl (C=O) groups excluding carboxylic acids is 1. The van der Waals surface area contributed by atoms with Crippen molar-refractivity contribution in [2.45, 2.75) is 33.4 Å². The van der Waals surface area contributed by atoms with Crippen molar-refractivity contribution in [2.75, 3.05) is 0 Å². The van der Waals surface area contributed by atoms with E-state index < -0.39 is 0 Å². The predicted octanol–water partition coefficient (Wildman–Crippen LogP) is 2.43. The summed E-state index contributed by atoms with van der Waals surface area (Å²) in [7, 11) is 0. The van der Waals surface area contributed by atoms with E-state index in [1.165, 1.54) is 4.68 Å². The van der Waals surface area contributed by atoms with Gasteiger partial charge in [-0.3, -0.25) is 14.0 Å². The van der Waals surface area contributed by atoms with Crippen LogP contribution in [-0.4, -0.2) is 20.1 Å². The summed E-state index contributed by atoms with van der Waals surface area (Å²) in [4.78, 5) is 25.2. The molecule has 7 heteroatoms. The molecule has 3 heterocycles. The molecule has 1 amide bonds. The summed E-state index contributed by atoms with van der Waals surface area (Å²) in [5, 5.41) is 7.26. The number of furan rings is 1. The van der Waals surface area contributed by atoms with E-state index in [0.29, 0.717) is 29.9 Å². The minimum atomic E-state index is -0.315. The highest BCUT2D eigenvalue weighted by Crippen LogP contribution is 2.20. The Labute approximate surface area is 155 Å². The van der Waals surface area contributed by atoms with Crippen molar-refractivity contribution in [1.82, 2.24) is 19.5 Å². The molecular weight excluding hydrogens is 344 g/mol. The molecule has 4 aromatic rings. The van der Waals surface area contributed by atoms with E-state index in [1.807, 2.05) is 44.2 Å². The molecule has 1 N–H and O–H groups in total. The Hall–Kier alpha value is -3.35. The number of aromatic nitrogens is 3. The normalized spacial score (nSPS) is 11.3. The molecule has 0 saturated heterocycles. The zero-order valence-electron chi connectivity index (χ0n) is 15.2. The topological polar surface area (TPSA) is 81.5 Å². The molecule has 27 heavy (non-hydrogen) atoms. The molecule has 3 aromatic heterocycles. The second-order valence-electron chi connectivity index (χ2n) is 6.47. The van der Waals surface area contributed by atoms with Crippen molar-refractivity contribution in [3.8, 4) is 0 Å². The van der Waals surface area contributed by atoms with Crippen LogP contribution in [0.4, 0.5) is 0 Å². The third-order valence-electron chi connectivity index (χ3n) is 4.72. The van der Waals surface area contributed by atoms with Gasteiger partial charge < -0.3 is 9.73 Å². The highest BCUT2D eigenvalue weighted by molar-refractivity contribution is 5.82. The van der Waals surface area contributed by atoms with Crippen LogP contribution in [0.3, 0.4) is 0 Å². The van der Waals surface area contributed by atoms with E-state index in [1.54, 1.807) is 16.7 Å². The minimum absolute atomic E-state index is 0.124. The summed E-state index contributed by atoms with van der Waals surface area (Å²) in [6.45, 7) is 4.25. The van der Waals surface area contributed by atoms with Gasteiger partial charge in [-0.05, 0) is 18.1 Å². The molecule has 0 spiro atoms. The molecule has 7 nitrogen and oxygen atoms in total. The van der Waals surface area contributed by atoms with Crippen molar-refractivity contribution in [3.05, 3.63) is 70.0 Å². The summed E-state index contributed by atoms with van der Waals surface area (Å²) in [6.07, 6.45) is 2.21. The van der Waals surface area contributed by atoms with E-state index in [0.717, 1.165) is 16.6 Å². The number of carbonyl (C=O) groups is 1. The number of nitrogens with one attached hydrogen (secondary N) is 1. The van der Waals surface area contributed by atoms with Crippen LogP contribution in [0.15, 0.2) is 51.9 Å². The second kappa shape index (κ2) is 6.75. The maximum absolute atomic E-state index is 12.8. The van der Waals surface area contributed by atoms with Crippen LogP contribution < -0.4 is 10.9 Å². The Morgan fingerprint density at radius 2 is 2.04 bits per heavy atom. The SMILES string of the molecule is CCc1nn(CC(=O)NCc2ccccc2C)c(=O)c2cc3occc3n12. The Balaban J connectivity index is 1.62.